The quantitative estimate of drug-likeness (QED) is 0.821. The maximum absolute atomic E-state index is 9.17. The molecule has 0 fully saturated rings. The van der Waals surface area contributed by atoms with Gasteiger partial charge in [-0.25, -0.2) is 4.98 Å². The number of oxazole rings is 1. The minimum absolute atomic E-state index is 0.241. The highest BCUT2D eigenvalue weighted by atomic mass is 16.3. The number of phenolic OH excluding ortho intramolecular Hbond substituents is 1. The lowest BCUT2D eigenvalue weighted by molar-refractivity contribution is 0.475. The Morgan fingerprint density at radius 2 is 2.06 bits per heavy atom. The standard InChI is InChI=1S/C12H14N2O2/c1-13-7-6-10-8-16-12(14-10)9-2-4-11(15)5-3-9/h2-5,8,13,15H,6-7H2,1H3. The van der Waals surface area contributed by atoms with E-state index in [0.29, 0.717) is 5.89 Å². The van der Waals surface area contributed by atoms with Crippen molar-refractivity contribution >= 4 is 0 Å². The molecule has 0 aliphatic heterocycles. The first-order chi connectivity index (χ1) is 7.79. The molecule has 0 saturated carbocycles. The summed E-state index contributed by atoms with van der Waals surface area (Å²) in [5.41, 5.74) is 1.80. The average molecular weight is 218 g/mol. The van der Waals surface area contributed by atoms with Crippen molar-refractivity contribution in [3.8, 4) is 17.2 Å². The molecule has 1 heterocycles. The predicted molar refractivity (Wildman–Crippen MR) is 61.2 cm³/mol. The van der Waals surface area contributed by atoms with Crippen molar-refractivity contribution in [2.24, 2.45) is 0 Å². The maximum Gasteiger partial charge on any atom is 0.226 e. The van der Waals surface area contributed by atoms with Gasteiger partial charge in [0.1, 0.15) is 12.0 Å². The zero-order valence-electron chi connectivity index (χ0n) is 9.10. The molecule has 0 amide bonds. The van der Waals surface area contributed by atoms with Crippen LogP contribution in [0.4, 0.5) is 0 Å². The summed E-state index contributed by atoms with van der Waals surface area (Å²) in [6.45, 7) is 0.877. The molecule has 0 radical (unpaired) electrons. The molecule has 0 saturated heterocycles. The zero-order valence-corrected chi connectivity index (χ0v) is 9.10. The third-order valence-electron chi connectivity index (χ3n) is 2.30. The molecule has 0 unspecified atom stereocenters. The van der Waals surface area contributed by atoms with Crippen LogP contribution < -0.4 is 5.32 Å². The monoisotopic (exact) mass is 218 g/mol. The van der Waals surface area contributed by atoms with E-state index in [4.69, 9.17) is 9.52 Å². The lowest BCUT2D eigenvalue weighted by Gasteiger charge is -1.95. The first kappa shape index (κ1) is 10.7. The van der Waals surface area contributed by atoms with Gasteiger partial charge in [0.2, 0.25) is 5.89 Å². The van der Waals surface area contributed by atoms with E-state index < -0.39 is 0 Å². The van der Waals surface area contributed by atoms with Gasteiger partial charge in [0.15, 0.2) is 0 Å². The average Bonchev–Trinajstić information content (AvgIpc) is 2.76. The number of hydrogen-bond acceptors (Lipinski definition) is 4. The molecule has 4 heteroatoms. The van der Waals surface area contributed by atoms with Gasteiger partial charge in [0.05, 0.1) is 5.69 Å². The van der Waals surface area contributed by atoms with Crippen LogP contribution in [0.2, 0.25) is 0 Å². The Hall–Kier alpha value is -1.81. The van der Waals surface area contributed by atoms with Crippen molar-refractivity contribution in [2.45, 2.75) is 6.42 Å². The normalized spacial score (nSPS) is 10.6. The molecule has 2 rings (SSSR count). The van der Waals surface area contributed by atoms with Crippen molar-refractivity contribution in [3.63, 3.8) is 0 Å². The van der Waals surface area contributed by atoms with Gasteiger partial charge in [-0.3, -0.25) is 0 Å². The maximum atomic E-state index is 9.17. The van der Waals surface area contributed by atoms with Gasteiger partial charge in [-0.15, -0.1) is 0 Å². The second kappa shape index (κ2) is 4.81. The lowest BCUT2D eigenvalue weighted by atomic mass is 10.2. The number of aromatic nitrogens is 1. The van der Waals surface area contributed by atoms with Gasteiger partial charge >= 0.3 is 0 Å². The summed E-state index contributed by atoms with van der Waals surface area (Å²) in [5, 5.41) is 12.2. The summed E-state index contributed by atoms with van der Waals surface area (Å²) >= 11 is 0. The van der Waals surface area contributed by atoms with Crippen LogP contribution in [-0.2, 0) is 6.42 Å². The number of nitrogens with zero attached hydrogens (tertiary/aromatic N) is 1. The van der Waals surface area contributed by atoms with E-state index in [1.165, 1.54) is 0 Å². The third-order valence-corrected chi connectivity index (χ3v) is 2.30. The number of likely N-dealkylation sites (N-methyl/N-ethyl adjacent to an activating group) is 1. The first-order valence-electron chi connectivity index (χ1n) is 5.18. The summed E-state index contributed by atoms with van der Waals surface area (Å²) in [7, 11) is 1.90. The van der Waals surface area contributed by atoms with Crippen LogP contribution in [0.3, 0.4) is 0 Å². The minimum Gasteiger partial charge on any atom is -0.508 e. The summed E-state index contributed by atoms with van der Waals surface area (Å²) in [6, 6.07) is 6.80. The van der Waals surface area contributed by atoms with Gasteiger partial charge in [-0.05, 0) is 31.3 Å². The molecule has 0 aliphatic rings. The van der Waals surface area contributed by atoms with Crippen LogP contribution in [0.15, 0.2) is 34.9 Å². The van der Waals surface area contributed by atoms with E-state index in [0.717, 1.165) is 24.2 Å². The molecule has 16 heavy (non-hydrogen) atoms. The molecule has 1 aromatic carbocycles. The van der Waals surface area contributed by atoms with Crippen LogP contribution in [0.1, 0.15) is 5.69 Å². The Kier molecular flexibility index (Phi) is 3.22. The molecule has 2 N–H and O–H groups in total. The second-order valence-corrected chi connectivity index (χ2v) is 3.54. The van der Waals surface area contributed by atoms with E-state index in [-0.39, 0.29) is 5.75 Å². The van der Waals surface area contributed by atoms with Crippen molar-refractivity contribution in [2.75, 3.05) is 13.6 Å². The second-order valence-electron chi connectivity index (χ2n) is 3.54. The molecule has 4 nitrogen and oxygen atoms in total. The van der Waals surface area contributed by atoms with Crippen LogP contribution in [-0.4, -0.2) is 23.7 Å². The fraction of sp³-hybridized carbons (Fsp3) is 0.250. The fourth-order valence-corrected chi connectivity index (χ4v) is 1.41. The molecule has 0 bridgehead atoms. The largest absolute Gasteiger partial charge is 0.508 e. The Labute approximate surface area is 93.9 Å². The Balaban J connectivity index is 2.15. The van der Waals surface area contributed by atoms with Crippen molar-refractivity contribution in [3.05, 3.63) is 36.2 Å². The van der Waals surface area contributed by atoms with Gasteiger partial charge in [0, 0.05) is 18.5 Å². The topological polar surface area (TPSA) is 58.3 Å². The molecule has 0 atom stereocenters. The molecule has 2 aromatic rings. The van der Waals surface area contributed by atoms with Crippen molar-refractivity contribution in [1.82, 2.24) is 10.3 Å². The number of phenols is 1. The molecular formula is C12H14N2O2. The van der Waals surface area contributed by atoms with Gasteiger partial charge in [0.25, 0.3) is 0 Å². The minimum atomic E-state index is 0.241. The number of hydrogen-bond donors (Lipinski definition) is 2. The van der Waals surface area contributed by atoms with E-state index in [1.54, 1.807) is 30.5 Å². The van der Waals surface area contributed by atoms with Gasteiger partial charge in [-0.2, -0.15) is 0 Å². The summed E-state index contributed by atoms with van der Waals surface area (Å²) in [4.78, 5) is 4.36. The van der Waals surface area contributed by atoms with Crippen LogP contribution >= 0.6 is 0 Å². The van der Waals surface area contributed by atoms with Crippen LogP contribution in [0, 0.1) is 0 Å². The Bertz CT molecular complexity index is 448. The summed E-state index contributed by atoms with van der Waals surface area (Å²) in [6.07, 6.45) is 2.51. The van der Waals surface area contributed by atoms with E-state index in [2.05, 4.69) is 10.3 Å². The van der Waals surface area contributed by atoms with Crippen LogP contribution in [0.5, 0.6) is 5.75 Å². The lowest BCUT2D eigenvalue weighted by Crippen LogP contribution is -2.10. The molecule has 1 aromatic heterocycles. The fourth-order valence-electron chi connectivity index (χ4n) is 1.41. The number of benzene rings is 1. The van der Waals surface area contributed by atoms with Crippen LogP contribution in [0.25, 0.3) is 11.5 Å². The third kappa shape index (κ3) is 2.41. The highest BCUT2D eigenvalue weighted by molar-refractivity contribution is 5.54. The molecular weight excluding hydrogens is 204 g/mol. The molecule has 0 spiro atoms. The Morgan fingerprint density at radius 3 is 2.75 bits per heavy atom. The number of aromatic hydroxyl groups is 1. The van der Waals surface area contributed by atoms with E-state index in [1.807, 2.05) is 7.05 Å². The number of nitrogens with one attached hydrogen (secondary N) is 1. The highest BCUT2D eigenvalue weighted by Crippen LogP contribution is 2.21. The highest BCUT2D eigenvalue weighted by Gasteiger charge is 2.05. The van der Waals surface area contributed by atoms with Crippen molar-refractivity contribution < 1.29 is 9.52 Å². The van der Waals surface area contributed by atoms with E-state index in [9.17, 15) is 0 Å². The Morgan fingerprint density at radius 1 is 1.31 bits per heavy atom. The predicted octanol–water partition coefficient (Wildman–Crippen LogP) is 1.81. The first-order valence-corrected chi connectivity index (χ1v) is 5.18. The van der Waals surface area contributed by atoms with Crippen molar-refractivity contribution in [1.29, 1.82) is 0 Å². The van der Waals surface area contributed by atoms with Gasteiger partial charge in [-0.1, -0.05) is 0 Å². The van der Waals surface area contributed by atoms with Gasteiger partial charge < -0.3 is 14.8 Å². The zero-order chi connectivity index (χ0) is 11.4. The summed E-state index contributed by atoms with van der Waals surface area (Å²) in [5.74, 6) is 0.830. The molecule has 0 aliphatic carbocycles. The molecule has 84 valence electrons. The number of rotatable bonds is 4. The SMILES string of the molecule is CNCCc1coc(-c2ccc(O)cc2)n1. The smallest absolute Gasteiger partial charge is 0.226 e. The van der Waals surface area contributed by atoms with E-state index >= 15 is 0 Å². The summed E-state index contributed by atoms with van der Waals surface area (Å²) < 4.78 is 5.37.